The van der Waals surface area contributed by atoms with Gasteiger partial charge in [0, 0.05) is 6.92 Å². The lowest BCUT2D eigenvalue weighted by Crippen LogP contribution is -2.49. The van der Waals surface area contributed by atoms with Crippen molar-refractivity contribution in [2.75, 3.05) is 0 Å². The highest BCUT2D eigenvalue weighted by atomic mass is 16.5. The average Bonchev–Trinajstić information content (AvgIpc) is 3.10. The molecule has 0 aromatic carbocycles. The van der Waals surface area contributed by atoms with E-state index in [-0.39, 0.29) is 12.1 Å². The molecule has 0 N–H and O–H groups in total. The third-order valence-electron chi connectivity index (χ3n) is 10.9. The first-order valence-corrected chi connectivity index (χ1v) is 14.1. The number of carbonyl (C=O) groups is 1. The molecular weight excluding hydrogens is 392 g/mol. The molecule has 4 rings (SSSR count). The normalized spacial score (nSPS) is 43.4. The summed E-state index contributed by atoms with van der Waals surface area (Å²) in [5, 5.41) is 0. The molecule has 0 aromatic heterocycles. The summed E-state index contributed by atoms with van der Waals surface area (Å²) >= 11 is 0. The lowest BCUT2D eigenvalue weighted by molar-refractivity contribution is -0.152. The number of ether oxygens (including phenoxy) is 1. The van der Waals surface area contributed by atoms with Gasteiger partial charge in [0.15, 0.2) is 0 Å². The average molecular weight is 443 g/mol. The quantitative estimate of drug-likeness (QED) is 0.307. The second-order valence-electron chi connectivity index (χ2n) is 12.8. The van der Waals surface area contributed by atoms with E-state index >= 15 is 0 Å². The molecule has 0 aliphatic heterocycles. The SMILES string of the molecule is CCC(C=CC(C)C1CCC2C3CCC4CC(OC(C)=O)CCC4C3CCC12C)C(C)C. The Balaban J connectivity index is 1.42. The van der Waals surface area contributed by atoms with Crippen LogP contribution in [0.2, 0.25) is 0 Å². The van der Waals surface area contributed by atoms with Gasteiger partial charge < -0.3 is 4.74 Å². The number of hydrogen-bond acceptors (Lipinski definition) is 2. The molecule has 10 unspecified atom stereocenters. The molecule has 0 radical (unpaired) electrons. The minimum Gasteiger partial charge on any atom is -0.463 e. The molecule has 0 heterocycles. The summed E-state index contributed by atoms with van der Waals surface area (Å²) in [7, 11) is 0. The minimum atomic E-state index is -0.0885. The highest BCUT2D eigenvalue weighted by Crippen LogP contribution is 2.65. The van der Waals surface area contributed by atoms with Crippen LogP contribution in [0.5, 0.6) is 0 Å². The summed E-state index contributed by atoms with van der Waals surface area (Å²) in [6, 6.07) is 0. The third-order valence-corrected chi connectivity index (χ3v) is 10.9. The van der Waals surface area contributed by atoms with E-state index in [1.54, 1.807) is 6.92 Å². The van der Waals surface area contributed by atoms with Crippen molar-refractivity contribution in [1.82, 2.24) is 0 Å². The van der Waals surface area contributed by atoms with Gasteiger partial charge in [-0.25, -0.2) is 0 Å². The summed E-state index contributed by atoms with van der Waals surface area (Å²) in [6.45, 7) is 13.8. The van der Waals surface area contributed by atoms with E-state index in [9.17, 15) is 4.79 Å². The molecule has 0 bridgehead atoms. The van der Waals surface area contributed by atoms with E-state index in [2.05, 4.69) is 46.8 Å². The monoisotopic (exact) mass is 442 g/mol. The first-order valence-electron chi connectivity index (χ1n) is 14.1. The van der Waals surface area contributed by atoms with Gasteiger partial charge in [0.1, 0.15) is 6.10 Å². The van der Waals surface area contributed by atoms with Crippen LogP contribution in [-0.2, 0) is 9.53 Å². The first-order chi connectivity index (χ1) is 15.2. The van der Waals surface area contributed by atoms with Crippen molar-refractivity contribution in [2.24, 2.45) is 58.7 Å². The molecule has 4 saturated carbocycles. The fourth-order valence-electron chi connectivity index (χ4n) is 9.34. The molecule has 10 atom stereocenters. The molecule has 2 heteroatoms. The summed E-state index contributed by atoms with van der Waals surface area (Å²) in [5.41, 5.74) is 0.548. The van der Waals surface area contributed by atoms with E-state index in [4.69, 9.17) is 4.74 Å². The molecule has 0 aromatic rings. The van der Waals surface area contributed by atoms with Crippen LogP contribution in [-0.4, -0.2) is 12.1 Å². The van der Waals surface area contributed by atoms with Crippen molar-refractivity contribution >= 4 is 5.97 Å². The predicted octanol–water partition coefficient (Wildman–Crippen LogP) is 8.06. The maximum atomic E-state index is 11.5. The maximum Gasteiger partial charge on any atom is 0.302 e. The van der Waals surface area contributed by atoms with Gasteiger partial charge in [-0.1, -0.05) is 46.8 Å². The Morgan fingerprint density at radius 2 is 1.72 bits per heavy atom. The van der Waals surface area contributed by atoms with E-state index in [0.717, 1.165) is 60.2 Å². The Kier molecular flexibility index (Phi) is 7.48. The largest absolute Gasteiger partial charge is 0.463 e. The lowest BCUT2D eigenvalue weighted by atomic mass is 9.49. The van der Waals surface area contributed by atoms with Crippen LogP contribution in [0.1, 0.15) is 106 Å². The molecule has 2 nitrogen and oxygen atoms in total. The van der Waals surface area contributed by atoms with E-state index < -0.39 is 0 Å². The number of carbonyl (C=O) groups excluding carboxylic acids is 1. The second kappa shape index (κ2) is 9.83. The smallest absolute Gasteiger partial charge is 0.302 e. The zero-order chi connectivity index (χ0) is 23.0. The van der Waals surface area contributed by atoms with Crippen LogP contribution < -0.4 is 0 Å². The Morgan fingerprint density at radius 3 is 2.41 bits per heavy atom. The second-order valence-corrected chi connectivity index (χ2v) is 12.8. The van der Waals surface area contributed by atoms with Gasteiger partial charge in [-0.15, -0.1) is 0 Å². The number of esters is 1. The van der Waals surface area contributed by atoms with Crippen molar-refractivity contribution in [3.63, 3.8) is 0 Å². The Hall–Kier alpha value is -0.790. The van der Waals surface area contributed by atoms with Crippen molar-refractivity contribution in [3.05, 3.63) is 12.2 Å². The highest BCUT2D eigenvalue weighted by molar-refractivity contribution is 5.66. The standard InChI is InChI=1S/C30H50O2/c1-7-22(19(2)3)9-8-20(4)28-14-15-29-27-12-10-23-18-24(32-21(5)31)11-13-25(23)26(27)16-17-30(28,29)6/h8-9,19-20,22-29H,7,10-18H2,1-6H3. The molecule has 32 heavy (non-hydrogen) atoms. The summed E-state index contributed by atoms with van der Waals surface area (Å²) in [5.74, 6) is 7.53. The van der Waals surface area contributed by atoms with E-state index in [1.807, 2.05) is 0 Å². The molecular formula is C30H50O2. The molecule has 4 fully saturated rings. The highest BCUT2D eigenvalue weighted by Gasteiger charge is 2.57. The van der Waals surface area contributed by atoms with Crippen LogP contribution in [0.3, 0.4) is 0 Å². The van der Waals surface area contributed by atoms with Crippen LogP contribution in [0, 0.1) is 58.7 Å². The van der Waals surface area contributed by atoms with E-state index in [1.165, 1.54) is 51.4 Å². The Morgan fingerprint density at radius 1 is 0.969 bits per heavy atom. The fourth-order valence-corrected chi connectivity index (χ4v) is 9.34. The minimum absolute atomic E-state index is 0.0885. The number of allylic oxidation sites excluding steroid dienone is 2. The number of fused-ring (bicyclic) bond motifs is 5. The Labute approximate surface area is 198 Å². The molecule has 4 aliphatic rings. The molecule has 0 spiro atoms. The molecule has 0 amide bonds. The van der Waals surface area contributed by atoms with Gasteiger partial charge in [-0.3, -0.25) is 4.79 Å². The van der Waals surface area contributed by atoms with Crippen molar-refractivity contribution in [2.45, 2.75) is 112 Å². The zero-order valence-electron chi connectivity index (χ0n) is 21.8. The topological polar surface area (TPSA) is 26.3 Å². The van der Waals surface area contributed by atoms with Gasteiger partial charge in [0.2, 0.25) is 0 Å². The van der Waals surface area contributed by atoms with Crippen LogP contribution in [0.25, 0.3) is 0 Å². The van der Waals surface area contributed by atoms with Crippen LogP contribution >= 0.6 is 0 Å². The summed E-state index contributed by atoms with van der Waals surface area (Å²) in [4.78, 5) is 11.5. The molecule has 0 saturated heterocycles. The lowest BCUT2D eigenvalue weighted by Gasteiger charge is -2.56. The summed E-state index contributed by atoms with van der Waals surface area (Å²) in [6.07, 6.45) is 18.8. The van der Waals surface area contributed by atoms with Crippen molar-refractivity contribution < 1.29 is 9.53 Å². The van der Waals surface area contributed by atoms with E-state index in [0.29, 0.717) is 11.3 Å². The number of hydrogen-bond donors (Lipinski definition) is 0. The van der Waals surface area contributed by atoms with Gasteiger partial charge in [0.25, 0.3) is 0 Å². The Bertz CT molecular complexity index is 680. The molecule has 182 valence electrons. The van der Waals surface area contributed by atoms with Crippen molar-refractivity contribution in [1.29, 1.82) is 0 Å². The van der Waals surface area contributed by atoms with Gasteiger partial charge >= 0.3 is 5.97 Å². The van der Waals surface area contributed by atoms with Gasteiger partial charge in [0.05, 0.1) is 0 Å². The zero-order valence-corrected chi connectivity index (χ0v) is 21.8. The fraction of sp³-hybridized carbons (Fsp3) is 0.900. The van der Waals surface area contributed by atoms with Crippen LogP contribution in [0.15, 0.2) is 12.2 Å². The van der Waals surface area contributed by atoms with Crippen LogP contribution in [0.4, 0.5) is 0 Å². The van der Waals surface area contributed by atoms with Gasteiger partial charge in [-0.2, -0.15) is 0 Å². The number of rotatable bonds is 6. The molecule has 4 aliphatic carbocycles. The van der Waals surface area contributed by atoms with Crippen molar-refractivity contribution in [3.8, 4) is 0 Å². The predicted molar refractivity (Wildman–Crippen MR) is 133 cm³/mol. The maximum absolute atomic E-state index is 11.5. The summed E-state index contributed by atoms with van der Waals surface area (Å²) < 4.78 is 5.62. The van der Waals surface area contributed by atoms with Gasteiger partial charge in [-0.05, 0) is 123 Å². The first kappa shape index (κ1) is 24.3. The third kappa shape index (κ3) is 4.58.